The lowest BCUT2D eigenvalue weighted by Crippen LogP contribution is -2.59. The molecular weight excluding hydrogens is 821 g/mol. The predicted octanol–water partition coefficient (Wildman–Crippen LogP) is 13.2. The van der Waals surface area contributed by atoms with Crippen molar-refractivity contribution < 1.29 is 49.0 Å². The second-order valence-electron chi connectivity index (χ2n) is 19.0. The molecule has 0 aromatic heterocycles. The zero-order valence-corrected chi connectivity index (χ0v) is 42.0. The zero-order valence-electron chi connectivity index (χ0n) is 42.0. The van der Waals surface area contributed by atoms with Gasteiger partial charge in [-0.2, -0.15) is 0 Å². The van der Waals surface area contributed by atoms with Crippen LogP contribution < -0.4 is 0 Å². The molecule has 0 spiro atoms. The number of carbonyl (C=O) groups excluding carboxylic acids is 2. The van der Waals surface area contributed by atoms with Gasteiger partial charge >= 0.3 is 11.9 Å². The Morgan fingerprint density at radius 1 is 0.477 bits per heavy atom. The Balaban J connectivity index is 2.23. The number of aliphatic hydroxyl groups is 4. The molecule has 65 heavy (non-hydrogen) atoms. The predicted molar refractivity (Wildman–Crippen MR) is 266 cm³/mol. The molecule has 0 aromatic carbocycles. The average Bonchev–Trinajstić information content (AvgIpc) is 3.30. The van der Waals surface area contributed by atoms with E-state index in [0.29, 0.717) is 6.42 Å². The van der Waals surface area contributed by atoms with Crippen molar-refractivity contribution in [2.24, 2.45) is 0 Å². The molecule has 2 unspecified atom stereocenters. The summed E-state index contributed by atoms with van der Waals surface area (Å²) in [4.78, 5) is 25.5. The quantitative estimate of drug-likeness (QED) is 0.0264. The number of rotatable bonds is 47. The lowest BCUT2D eigenvalue weighted by atomic mass is 9.99. The van der Waals surface area contributed by atoms with E-state index in [1.54, 1.807) is 0 Å². The van der Waals surface area contributed by atoms with Gasteiger partial charge in [0, 0.05) is 12.8 Å². The number of hydrogen-bond acceptors (Lipinski definition) is 10. The van der Waals surface area contributed by atoms with E-state index < -0.39 is 49.4 Å². The normalized spacial score (nSPS) is 19.4. The van der Waals surface area contributed by atoms with Crippen molar-refractivity contribution in [1.29, 1.82) is 0 Å². The van der Waals surface area contributed by atoms with E-state index in [0.717, 1.165) is 38.5 Å². The van der Waals surface area contributed by atoms with Crippen LogP contribution in [-0.4, -0.2) is 89.0 Å². The van der Waals surface area contributed by atoms with E-state index in [4.69, 9.17) is 18.9 Å². The third-order valence-corrected chi connectivity index (χ3v) is 12.8. The number of hydrogen-bond donors (Lipinski definition) is 4. The highest BCUT2D eigenvalue weighted by Crippen LogP contribution is 2.23. The largest absolute Gasteiger partial charge is 0.462 e. The van der Waals surface area contributed by atoms with Crippen LogP contribution in [0.5, 0.6) is 0 Å². The summed E-state index contributed by atoms with van der Waals surface area (Å²) in [5, 5.41) is 40.2. The number of carbonyl (C=O) groups is 2. The first-order valence-electron chi connectivity index (χ1n) is 27.4. The number of allylic oxidation sites excluding steroid dienone is 4. The summed E-state index contributed by atoms with van der Waals surface area (Å²) in [6.45, 7) is 3.43. The van der Waals surface area contributed by atoms with Crippen molar-refractivity contribution in [2.45, 2.75) is 295 Å². The molecule has 0 aliphatic carbocycles. The van der Waals surface area contributed by atoms with Crippen LogP contribution in [0, 0.1) is 0 Å². The maximum atomic E-state index is 12.8. The average molecular weight is 923 g/mol. The van der Waals surface area contributed by atoms with Crippen LogP contribution in [0.1, 0.15) is 258 Å². The Labute approximate surface area is 398 Å². The number of esters is 2. The van der Waals surface area contributed by atoms with E-state index in [-0.39, 0.29) is 32.0 Å². The van der Waals surface area contributed by atoms with Gasteiger partial charge in [-0.1, -0.05) is 231 Å². The summed E-state index contributed by atoms with van der Waals surface area (Å²) in [6, 6.07) is 0. The highest BCUT2D eigenvalue weighted by molar-refractivity contribution is 5.70. The summed E-state index contributed by atoms with van der Waals surface area (Å²) in [5.74, 6) is -0.845. The molecule has 1 fully saturated rings. The van der Waals surface area contributed by atoms with Crippen LogP contribution >= 0.6 is 0 Å². The highest BCUT2D eigenvalue weighted by atomic mass is 16.7. The molecule has 382 valence electrons. The smallest absolute Gasteiger partial charge is 0.306 e. The molecule has 6 atom stereocenters. The minimum Gasteiger partial charge on any atom is -0.462 e. The fraction of sp³-hybridized carbons (Fsp3) is 0.891. The molecule has 10 heteroatoms. The van der Waals surface area contributed by atoms with Crippen molar-refractivity contribution in [1.82, 2.24) is 0 Å². The number of aliphatic hydroxyl groups excluding tert-OH is 4. The molecule has 1 rings (SSSR count). The molecule has 0 aromatic rings. The number of ether oxygens (including phenoxy) is 4. The monoisotopic (exact) mass is 923 g/mol. The molecular formula is C55H102O10. The van der Waals surface area contributed by atoms with Gasteiger partial charge < -0.3 is 39.4 Å². The van der Waals surface area contributed by atoms with Crippen molar-refractivity contribution in [2.75, 3.05) is 19.8 Å². The molecule has 0 saturated carbocycles. The van der Waals surface area contributed by atoms with Crippen LogP contribution in [0.3, 0.4) is 0 Å². The van der Waals surface area contributed by atoms with Crippen LogP contribution in [0.25, 0.3) is 0 Å². The summed E-state index contributed by atoms with van der Waals surface area (Å²) in [6.07, 6.45) is 46.3. The Morgan fingerprint density at radius 3 is 1.32 bits per heavy atom. The van der Waals surface area contributed by atoms with Crippen molar-refractivity contribution in [3.63, 3.8) is 0 Å². The van der Waals surface area contributed by atoms with Gasteiger partial charge in [-0.25, -0.2) is 0 Å². The van der Waals surface area contributed by atoms with E-state index in [1.807, 2.05) is 0 Å². The van der Waals surface area contributed by atoms with Crippen LogP contribution in [0.2, 0.25) is 0 Å². The first kappa shape index (κ1) is 61.2. The van der Waals surface area contributed by atoms with Crippen molar-refractivity contribution >= 4 is 11.9 Å². The van der Waals surface area contributed by atoms with E-state index in [9.17, 15) is 30.0 Å². The highest BCUT2D eigenvalue weighted by Gasteiger charge is 2.44. The van der Waals surface area contributed by atoms with Crippen molar-refractivity contribution in [3.8, 4) is 0 Å². The van der Waals surface area contributed by atoms with Gasteiger partial charge in [0.1, 0.15) is 31.0 Å². The van der Waals surface area contributed by atoms with Crippen LogP contribution in [0.15, 0.2) is 24.3 Å². The van der Waals surface area contributed by atoms with Gasteiger partial charge in [0.2, 0.25) is 0 Å². The lowest BCUT2D eigenvalue weighted by Gasteiger charge is -2.39. The molecule has 10 nitrogen and oxygen atoms in total. The third-order valence-electron chi connectivity index (χ3n) is 12.8. The second kappa shape index (κ2) is 45.9. The minimum absolute atomic E-state index is 0.169. The van der Waals surface area contributed by atoms with Gasteiger partial charge in [0.05, 0.1) is 13.2 Å². The van der Waals surface area contributed by atoms with Gasteiger partial charge in [-0.05, 0) is 38.5 Å². The maximum Gasteiger partial charge on any atom is 0.306 e. The topological polar surface area (TPSA) is 152 Å². The summed E-state index contributed by atoms with van der Waals surface area (Å²) < 4.78 is 22.2. The molecule has 0 radical (unpaired) electrons. The summed E-state index contributed by atoms with van der Waals surface area (Å²) in [5.41, 5.74) is 0. The minimum atomic E-state index is -1.60. The van der Waals surface area contributed by atoms with Crippen molar-refractivity contribution in [3.05, 3.63) is 24.3 Å². The summed E-state index contributed by atoms with van der Waals surface area (Å²) in [7, 11) is 0. The Morgan fingerprint density at radius 2 is 0.877 bits per heavy atom. The molecule has 1 aliphatic heterocycles. The second-order valence-corrected chi connectivity index (χ2v) is 19.0. The Kier molecular flexibility index (Phi) is 43.2. The maximum absolute atomic E-state index is 12.8. The van der Waals surface area contributed by atoms with Gasteiger partial charge in [0.25, 0.3) is 0 Å². The van der Waals surface area contributed by atoms with E-state index >= 15 is 0 Å². The van der Waals surface area contributed by atoms with Crippen LogP contribution in [0.4, 0.5) is 0 Å². The molecule has 1 heterocycles. The fourth-order valence-electron chi connectivity index (χ4n) is 8.53. The fourth-order valence-corrected chi connectivity index (χ4v) is 8.53. The SMILES string of the molecule is CCCCCCCCCCC/C=C/C/C=C/CCCC(=O)O[C@@H](COC(=O)CCCCCCCCCCCCCCCCCCCCCCCCC)CO[C@H]1O[C@@H](CO)[C@@H](O)C(O)C1O. The molecule has 0 amide bonds. The molecule has 4 N–H and O–H groups in total. The van der Waals surface area contributed by atoms with Crippen LogP contribution in [-0.2, 0) is 28.5 Å². The zero-order chi connectivity index (χ0) is 47.3. The van der Waals surface area contributed by atoms with Gasteiger partial charge in [-0.15, -0.1) is 0 Å². The lowest BCUT2D eigenvalue weighted by molar-refractivity contribution is -0.305. The Bertz CT molecular complexity index is 1110. The molecule has 1 saturated heterocycles. The number of unbranched alkanes of at least 4 members (excludes halogenated alkanes) is 32. The third kappa shape index (κ3) is 36.8. The Hall–Kier alpha value is -1.82. The first-order chi connectivity index (χ1) is 31.8. The van der Waals surface area contributed by atoms with E-state index in [2.05, 4.69) is 38.2 Å². The van der Waals surface area contributed by atoms with Gasteiger partial charge in [0.15, 0.2) is 12.4 Å². The molecule has 0 bridgehead atoms. The van der Waals surface area contributed by atoms with E-state index in [1.165, 1.54) is 186 Å². The summed E-state index contributed by atoms with van der Waals surface area (Å²) >= 11 is 0. The molecule has 1 aliphatic rings. The standard InChI is InChI=1S/C55H102O10/c1-3-5-7-9-11-13-15-17-19-21-22-23-24-25-26-28-29-31-33-35-37-39-41-43-50(57)62-46-48(47-63-55-54(61)53(60)52(59)49(45-56)65-55)64-51(58)44-42-40-38-36-34-32-30-27-20-18-16-14-12-10-8-6-4-2/h30,32,36,38,48-49,52-56,59-61H,3-29,31,33-35,37,39-47H2,1-2H3/b32-30+,38-36+/t48-,49-,52+,53?,54?,55-/m0/s1. The van der Waals surface area contributed by atoms with Gasteiger partial charge in [-0.3, -0.25) is 9.59 Å². The first-order valence-corrected chi connectivity index (χ1v) is 27.4.